The SMILES string of the molecule is CC[C@@H](C(=O)NC1CCCCC1)N(Cc1ccc(Cl)cc1)C(=O)CN(c1ccc(C)cc1C)S(=O)(=O)c1ccc(C)cc1. The first-order valence-corrected chi connectivity index (χ1v) is 16.8. The predicted octanol–water partition coefficient (Wildman–Crippen LogP) is 6.72. The van der Waals surface area contributed by atoms with Gasteiger partial charge in [-0.2, -0.15) is 0 Å². The van der Waals surface area contributed by atoms with Crippen LogP contribution in [0.3, 0.4) is 0 Å². The van der Waals surface area contributed by atoms with Crippen molar-refractivity contribution in [2.24, 2.45) is 0 Å². The zero-order chi connectivity index (χ0) is 31.1. The summed E-state index contributed by atoms with van der Waals surface area (Å²) in [4.78, 5) is 29.6. The Labute approximate surface area is 261 Å². The van der Waals surface area contributed by atoms with Crippen LogP contribution in [-0.4, -0.2) is 43.8 Å². The monoisotopic (exact) mass is 623 g/mol. The molecule has 0 heterocycles. The summed E-state index contributed by atoms with van der Waals surface area (Å²) >= 11 is 6.12. The van der Waals surface area contributed by atoms with Crippen LogP contribution in [-0.2, 0) is 26.2 Å². The maximum Gasteiger partial charge on any atom is 0.264 e. The molecule has 9 heteroatoms. The quantitative estimate of drug-likeness (QED) is 0.257. The van der Waals surface area contributed by atoms with E-state index in [9.17, 15) is 18.0 Å². The molecule has 0 aliphatic heterocycles. The van der Waals surface area contributed by atoms with Gasteiger partial charge in [0.25, 0.3) is 10.0 Å². The van der Waals surface area contributed by atoms with Crippen molar-refractivity contribution in [2.75, 3.05) is 10.8 Å². The molecule has 1 aliphatic rings. The van der Waals surface area contributed by atoms with Crippen molar-refractivity contribution in [1.29, 1.82) is 0 Å². The van der Waals surface area contributed by atoms with Crippen LogP contribution in [0.5, 0.6) is 0 Å². The number of carbonyl (C=O) groups is 2. The van der Waals surface area contributed by atoms with Crippen molar-refractivity contribution in [3.63, 3.8) is 0 Å². The zero-order valence-electron chi connectivity index (χ0n) is 25.5. The third kappa shape index (κ3) is 8.18. The molecule has 0 aromatic heterocycles. The highest BCUT2D eigenvalue weighted by Crippen LogP contribution is 2.29. The van der Waals surface area contributed by atoms with Gasteiger partial charge >= 0.3 is 0 Å². The molecule has 1 N–H and O–H groups in total. The number of hydrogen-bond acceptors (Lipinski definition) is 4. The van der Waals surface area contributed by atoms with Crippen LogP contribution in [0, 0.1) is 20.8 Å². The number of sulfonamides is 1. The number of anilines is 1. The molecule has 0 spiro atoms. The summed E-state index contributed by atoms with van der Waals surface area (Å²) in [5.41, 5.74) is 3.86. The van der Waals surface area contributed by atoms with Crippen LogP contribution >= 0.6 is 11.6 Å². The lowest BCUT2D eigenvalue weighted by Crippen LogP contribution is -2.54. The van der Waals surface area contributed by atoms with Gasteiger partial charge in [-0.1, -0.05) is 85.3 Å². The van der Waals surface area contributed by atoms with Gasteiger partial charge < -0.3 is 10.2 Å². The second-order valence-corrected chi connectivity index (χ2v) is 13.8. The van der Waals surface area contributed by atoms with Crippen LogP contribution in [0.1, 0.15) is 67.7 Å². The fourth-order valence-electron chi connectivity index (χ4n) is 5.69. The molecule has 230 valence electrons. The molecule has 0 unspecified atom stereocenters. The third-order valence-electron chi connectivity index (χ3n) is 8.11. The maximum atomic E-state index is 14.3. The molecule has 1 aliphatic carbocycles. The van der Waals surface area contributed by atoms with E-state index >= 15 is 0 Å². The predicted molar refractivity (Wildman–Crippen MR) is 173 cm³/mol. The summed E-state index contributed by atoms with van der Waals surface area (Å²) in [5, 5.41) is 3.74. The van der Waals surface area contributed by atoms with Crippen molar-refractivity contribution < 1.29 is 18.0 Å². The summed E-state index contributed by atoms with van der Waals surface area (Å²) in [6.45, 7) is 7.21. The molecule has 3 aromatic carbocycles. The first-order valence-electron chi connectivity index (χ1n) is 15.0. The van der Waals surface area contributed by atoms with Crippen LogP contribution in [0.25, 0.3) is 0 Å². The molecule has 43 heavy (non-hydrogen) atoms. The lowest BCUT2D eigenvalue weighted by Gasteiger charge is -2.34. The number of nitrogens with zero attached hydrogens (tertiary/aromatic N) is 2. The number of carbonyl (C=O) groups excluding carboxylic acids is 2. The van der Waals surface area contributed by atoms with E-state index in [4.69, 9.17) is 11.6 Å². The molecule has 1 saturated carbocycles. The number of rotatable bonds is 11. The highest BCUT2D eigenvalue weighted by molar-refractivity contribution is 7.92. The average Bonchev–Trinajstić information content (AvgIpc) is 2.98. The number of benzene rings is 3. The van der Waals surface area contributed by atoms with E-state index < -0.39 is 28.5 Å². The van der Waals surface area contributed by atoms with Gasteiger partial charge in [-0.05, 0) is 81.5 Å². The Bertz CT molecular complexity index is 1520. The van der Waals surface area contributed by atoms with E-state index in [2.05, 4.69) is 5.32 Å². The maximum absolute atomic E-state index is 14.3. The summed E-state index contributed by atoms with van der Waals surface area (Å²) in [5.74, 6) is -0.674. The summed E-state index contributed by atoms with van der Waals surface area (Å²) in [6, 6.07) is 18.5. The Hall–Kier alpha value is -3.36. The standard InChI is InChI=1S/C34H42ClN3O4S/c1-5-31(34(40)36-29-9-7-6-8-10-29)37(22-27-14-16-28(35)17-15-27)33(39)23-38(32-20-13-25(3)21-26(32)4)43(41,42)30-18-11-24(2)12-19-30/h11-21,29,31H,5-10,22-23H2,1-4H3,(H,36,40)/t31-/m0/s1. The number of halogens is 1. The van der Waals surface area contributed by atoms with E-state index in [1.54, 1.807) is 42.5 Å². The van der Waals surface area contributed by atoms with Crippen LogP contribution in [0.2, 0.25) is 5.02 Å². The Kier molecular flexibility index (Phi) is 10.9. The van der Waals surface area contributed by atoms with Crippen LogP contribution in [0.4, 0.5) is 5.69 Å². The molecule has 2 amide bonds. The Morgan fingerprint density at radius 3 is 2.14 bits per heavy atom. The van der Waals surface area contributed by atoms with Gasteiger partial charge in [-0.3, -0.25) is 13.9 Å². The molecule has 7 nitrogen and oxygen atoms in total. The molecular weight excluding hydrogens is 582 g/mol. The lowest BCUT2D eigenvalue weighted by molar-refractivity contribution is -0.140. The first-order chi connectivity index (χ1) is 20.5. The molecule has 3 aromatic rings. The van der Waals surface area contributed by atoms with Crippen molar-refractivity contribution in [3.8, 4) is 0 Å². The third-order valence-corrected chi connectivity index (χ3v) is 10.1. The topological polar surface area (TPSA) is 86.8 Å². The minimum Gasteiger partial charge on any atom is -0.352 e. The zero-order valence-corrected chi connectivity index (χ0v) is 27.0. The van der Waals surface area contributed by atoms with Gasteiger partial charge in [0.2, 0.25) is 11.8 Å². The van der Waals surface area contributed by atoms with Gasteiger partial charge in [-0.15, -0.1) is 0 Å². The van der Waals surface area contributed by atoms with Gasteiger partial charge in [0.1, 0.15) is 12.6 Å². The number of nitrogens with one attached hydrogen (secondary N) is 1. The van der Waals surface area contributed by atoms with E-state index in [-0.39, 0.29) is 23.4 Å². The van der Waals surface area contributed by atoms with Gasteiger partial charge in [0.15, 0.2) is 0 Å². The molecule has 0 saturated heterocycles. The van der Waals surface area contributed by atoms with Gasteiger partial charge in [0.05, 0.1) is 10.6 Å². The highest BCUT2D eigenvalue weighted by atomic mass is 35.5. The summed E-state index contributed by atoms with van der Waals surface area (Å²) < 4.78 is 29.4. The molecular formula is C34H42ClN3O4S. The van der Waals surface area contributed by atoms with Gasteiger partial charge in [-0.25, -0.2) is 8.42 Å². The lowest BCUT2D eigenvalue weighted by atomic mass is 9.95. The Morgan fingerprint density at radius 1 is 0.907 bits per heavy atom. The van der Waals surface area contributed by atoms with Crippen LogP contribution in [0.15, 0.2) is 71.6 Å². The molecule has 0 radical (unpaired) electrons. The second-order valence-electron chi connectivity index (χ2n) is 11.5. The number of amides is 2. The fraction of sp³-hybridized carbons (Fsp3) is 0.412. The van der Waals surface area contributed by atoms with Crippen molar-refractivity contribution in [1.82, 2.24) is 10.2 Å². The Balaban J connectivity index is 1.72. The average molecular weight is 624 g/mol. The fourth-order valence-corrected chi connectivity index (χ4v) is 7.29. The highest BCUT2D eigenvalue weighted by Gasteiger charge is 2.35. The van der Waals surface area contributed by atoms with Crippen molar-refractivity contribution in [2.45, 2.75) is 89.7 Å². The first kappa shape index (κ1) is 32.6. The van der Waals surface area contributed by atoms with E-state index in [1.165, 1.54) is 9.21 Å². The normalized spacial score (nSPS) is 14.6. The summed E-state index contributed by atoms with van der Waals surface area (Å²) in [7, 11) is -4.12. The molecule has 0 bridgehead atoms. The van der Waals surface area contributed by atoms with Crippen molar-refractivity contribution >= 4 is 39.1 Å². The van der Waals surface area contributed by atoms with E-state index in [0.29, 0.717) is 17.1 Å². The van der Waals surface area contributed by atoms with E-state index in [1.807, 2.05) is 52.0 Å². The number of aryl methyl sites for hydroxylation is 3. The largest absolute Gasteiger partial charge is 0.352 e. The van der Waals surface area contributed by atoms with E-state index in [0.717, 1.165) is 54.4 Å². The number of hydrogen-bond donors (Lipinski definition) is 1. The van der Waals surface area contributed by atoms with Gasteiger partial charge in [0, 0.05) is 17.6 Å². The summed E-state index contributed by atoms with van der Waals surface area (Å²) in [6.07, 6.45) is 5.51. The molecule has 1 atom stereocenters. The second kappa shape index (κ2) is 14.4. The Morgan fingerprint density at radius 2 is 1.53 bits per heavy atom. The molecule has 1 fully saturated rings. The minimum atomic E-state index is -4.12. The molecule has 4 rings (SSSR count). The van der Waals surface area contributed by atoms with Crippen LogP contribution < -0.4 is 9.62 Å². The van der Waals surface area contributed by atoms with Crippen molar-refractivity contribution in [3.05, 3.63) is 94.0 Å². The smallest absolute Gasteiger partial charge is 0.264 e. The minimum absolute atomic E-state index is 0.0800.